The van der Waals surface area contributed by atoms with Crippen molar-refractivity contribution in [2.75, 3.05) is 6.54 Å². The molecule has 94 valence electrons. The zero-order valence-corrected chi connectivity index (χ0v) is 12.1. The molecule has 1 saturated carbocycles. The van der Waals surface area contributed by atoms with Crippen molar-refractivity contribution in [2.24, 2.45) is 5.41 Å². The Morgan fingerprint density at radius 2 is 1.88 bits per heavy atom. The topological polar surface area (TPSA) is 46.2 Å². The maximum Gasteiger partial charge on any atom is 0.240 e. The first-order chi connectivity index (χ1) is 7.97. The molecule has 1 N–H and O–H groups in total. The third-order valence-corrected chi connectivity index (χ3v) is 5.41. The van der Waals surface area contributed by atoms with E-state index in [1.54, 1.807) is 24.3 Å². The van der Waals surface area contributed by atoms with Crippen LogP contribution in [-0.4, -0.2) is 15.0 Å². The SMILES string of the molecule is CCC1(CNS(=O)(=O)c2ccc(Br)cc2)CC1. The maximum absolute atomic E-state index is 12.0. The Morgan fingerprint density at radius 1 is 1.29 bits per heavy atom. The van der Waals surface area contributed by atoms with Gasteiger partial charge in [-0.1, -0.05) is 22.9 Å². The molecule has 2 rings (SSSR count). The molecule has 0 atom stereocenters. The van der Waals surface area contributed by atoms with Crippen LogP contribution in [0.1, 0.15) is 26.2 Å². The van der Waals surface area contributed by atoms with E-state index in [1.807, 2.05) is 0 Å². The van der Waals surface area contributed by atoms with Crippen molar-refractivity contribution in [1.29, 1.82) is 0 Å². The molecule has 1 aromatic rings. The molecule has 1 aliphatic carbocycles. The van der Waals surface area contributed by atoms with Gasteiger partial charge in [0.2, 0.25) is 10.0 Å². The summed E-state index contributed by atoms with van der Waals surface area (Å²) < 4.78 is 27.6. The first-order valence-corrected chi connectivity index (χ1v) is 8.00. The van der Waals surface area contributed by atoms with E-state index in [0.717, 1.165) is 23.7 Å². The molecule has 0 heterocycles. The molecular formula is C12H16BrNO2S. The lowest BCUT2D eigenvalue weighted by Gasteiger charge is -2.13. The van der Waals surface area contributed by atoms with Crippen LogP contribution in [0.4, 0.5) is 0 Å². The Balaban J connectivity index is 2.06. The number of halogens is 1. The molecule has 0 radical (unpaired) electrons. The summed E-state index contributed by atoms with van der Waals surface area (Å²) in [6.07, 6.45) is 3.30. The van der Waals surface area contributed by atoms with Gasteiger partial charge in [0, 0.05) is 11.0 Å². The molecular weight excluding hydrogens is 302 g/mol. The Bertz CT molecular complexity index is 492. The van der Waals surface area contributed by atoms with Gasteiger partial charge in [-0.3, -0.25) is 0 Å². The summed E-state index contributed by atoms with van der Waals surface area (Å²) in [5.74, 6) is 0. The van der Waals surface area contributed by atoms with Gasteiger partial charge < -0.3 is 0 Å². The predicted molar refractivity (Wildman–Crippen MR) is 71.3 cm³/mol. The fraction of sp³-hybridized carbons (Fsp3) is 0.500. The Labute approximate surface area is 111 Å². The summed E-state index contributed by atoms with van der Waals surface area (Å²) in [7, 11) is -3.35. The van der Waals surface area contributed by atoms with Gasteiger partial charge in [0.25, 0.3) is 0 Å². The van der Waals surface area contributed by atoms with E-state index in [9.17, 15) is 8.42 Å². The lowest BCUT2D eigenvalue weighted by atomic mass is 10.1. The molecule has 0 bridgehead atoms. The van der Waals surface area contributed by atoms with Crippen LogP contribution < -0.4 is 4.72 Å². The second-order valence-corrected chi connectivity index (χ2v) is 7.31. The van der Waals surface area contributed by atoms with Crippen molar-refractivity contribution in [3.05, 3.63) is 28.7 Å². The van der Waals surface area contributed by atoms with Crippen molar-refractivity contribution >= 4 is 26.0 Å². The van der Waals surface area contributed by atoms with Gasteiger partial charge in [-0.15, -0.1) is 0 Å². The van der Waals surface area contributed by atoms with Crippen LogP contribution in [0, 0.1) is 5.41 Å². The molecule has 0 unspecified atom stereocenters. The smallest absolute Gasteiger partial charge is 0.211 e. The number of benzene rings is 1. The van der Waals surface area contributed by atoms with Crippen LogP contribution in [0.3, 0.4) is 0 Å². The molecule has 0 aliphatic heterocycles. The highest BCUT2D eigenvalue weighted by Gasteiger charge is 2.41. The second kappa shape index (κ2) is 4.71. The Hall–Kier alpha value is -0.390. The van der Waals surface area contributed by atoms with Crippen molar-refractivity contribution in [2.45, 2.75) is 31.1 Å². The van der Waals surface area contributed by atoms with Gasteiger partial charge in [-0.2, -0.15) is 0 Å². The first-order valence-electron chi connectivity index (χ1n) is 5.73. The molecule has 1 aliphatic rings. The van der Waals surface area contributed by atoms with E-state index < -0.39 is 10.0 Å². The third-order valence-electron chi connectivity index (χ3n) is 3.47. The van der Waals surface area contributed by atoms with Gasteiger partial charge in [-0.05, 0) is 48.9 Å². The van der Waals surface area contributed by atoms with Crippen molar-refractivity contribution in [3.63, 3.8) is 0 Å². The number of hydrogen-bond acceptors (Lipinski definition) is 2. The molecule has 5 heteroatoms. The summed E-state index contributed by atoms with van der Waals surface area (Å²) in [5, 5.41) is 0. The summed E-state index contributed by atoms with van der Waals surface area (Å²) >= 11 is 3.29. The number of nitrogens with one attached hydrogen (secondary N) is 1. The number of hydrogen-bond donors (Lipinski definition) is 1. The van der Waals surface area contributed by atoms with Gasteiger partial charge in [0.05, 0.1) is 4.90 Å². The standard InChI is InChI=1S/C12H16BrNO2S/c1-2-12(7-8-12)9-14-17(15,16)11-5-3-10(13)4-6-11/h3-6,14H,2,7-9H2,1H3. The minimum Gasteiger partial charge on any atom is -0.211 e. The van der Waals surface area contributed by atoms with Crippen molar-refractivity contribution in [3.8, 4) is 0 Å². The quantitative estimate of drug-likeness (QED) is 0.907. The van der Waals surface area contributed by atoms with E-state index in [0.29, 0.717) is 11.4 Å². The predicted octanol–water partition coefficient (Wildman–Crippen LogP) is 2.92. The summed E-state index contributed by atoms with van der Waals surface area (Å²) in [6.45, 7) is 2.67. The number of rotatable bonds is 5. The lowest BCUT2D eigenvalue weighted by molar-refractivity contribution is 0.475. The van der Waals surface area contributed by atoms with Crippen LogP contribution in [-0.2, 0) is 10.0 Å². The molecule has 0 amide bonds. The molecule has 0 saturated heterocycles. The largest absolute Gasteiger partial charge is 0.240 e. The van der Waals surface area contributed by atoms with Crippen LogP contribution in [0.15, 0.2) is 33.6 Å². The zero-order chi connectivity index (χ0) is 12.5. The second-order valence-electron chi connectivity index (χ2n) is 4.63. The monoisotopic (exact) mass is 317 g/mol. The summed E-state index contributed by atoms with van der Waals surface area (Å²) in [5.41, 5.74) is 0.225. The van der Waals surface area contributed by atoms with E-state index in [-0.39, 0.29) is 5.41 Å². The van der Waals surface area contributed by atoms with Gasteiger partial charge in [0.15, 0.2) is 0 Å². The number of sulfonamides is 1. The lowest BCUT2D eigenvalue weighted by Crippen LogP contribution is -2.30. The molecule has 0 aromatic heterocycles. The first kappa shape index (κ1) is 13.1. The Morgan fingerprint density at radius 3 is 2.35 bits per heavy atom. The van der Waals surface area contributed by atoms with Crippen LogP contribution in [0.2, 0.25) is 0 Å². The normalized spacial score (nSPS) is 18.0. The van der Waals surface area contributed by atoms with E-state index in [2.05, 4.69) is 27.6 Å². The molecule has 1 aromatic carbocycles. The fourth-order valence-electron chi connectivity index (χ4n) is 1.78. The molecule has 0 spiro atoms. The molecule has 3 nitrogen and oxygen atoms in total. The average Bonchev–Trinajstić information content (AvgIpc) is 3.08. The third kappa shape index (κ3) is 3.09. The van der Waals surface area contributed by atoms with E-state index in [4.69, 9.17) is 0 Å². The molecule has 17 heavy (non-hydrogen) atoms. The van der Waals surface area contributed by atoms with Crippen LogP contribution >= 0.6 is 15.9 Å². The van der Waals surface area contributed by atoms with E-state index in [1.165, 1.54) is 0 Å². The van der Waals surface area contributed by atoms with Crippen LogP contribution in [0.25, 0.3) is 0 Å². The van der Waals surface area contributed by atoms with Gasteiger partial charge >= 0.3 is 0 Å². The summed E-state index contributed by atoms with van der Waals surface area (Å²) in [6, 6.07) is 6.69. The van der Waals surface area contributed by atoms with Crippen LogP contribution in [0.5, 0.6) is 0 Å². The minimum atomic E-state index is -3.35. The highest BCUT2D eigenvalue weighted by Crippen LogP contribution is 2.48. The fourth-order valence-corrected chi connectivity index (χ4v) is 3.20. The summed E-state index contributed by atoms with van der Waals surface area (Å²) in [4.78, 5) is 0.326. The molecule has 1 fully saturated rings. The van der Waals surface area contributed by atoms with Crippen molar-refractivity contribution in [1.82, 2.24) is 4.72 Å². The zero-order valence-electron chi connectivity index (χ0n) is 9.74. The van der Waals surface area contributed by atoms with E-state index >= 15 is 0 Å². The van der Waals surface area contributed by atoms with Gasteiger partial charge in [0.1, 0.15) is 0 Å². The highest BCUT2D eigenvalue weighted by atomic mass is 79.9. The van der Waals surface area contributed by atoms with Gasteiger partial charge in [-0.25, -0.2) is 13.1 Å². The minimum absolute atomic E-state index is 0.225. The maximum atomic E-state index is 12.0. The van der Waals surface area contributed by atoms with Crippen molar-refractivity contribution < 1.29 is 8.42 Å². The highest BCUT2D eigenvalue weighted by molar-refractivity contribution is 9.10. The Kier molecular flexibility index (Phi) is 3.61. The average molecular weight is 318 g/mol.